The van der Waals surface area contributed by atoms with E-state index >= 15 is 0 Å². The van der Waals surface area contributed by atoms with Crippen LogP contribution < -0.4 is 28.3 Å². The van der Waals surface area contributed by atoms with E-state index in [0.717, 1.165) is 9.95 Å². The summed E-state index contributed by atoms with van der Waals surface area (Å²) in [6, 6.07) is 0. The minimum atomic E-state index is -0.659. The molecule has 4 nitrogen and oxygen atoms in total. The molecule has 13 heavy (non-hydrogen) atoms. The van der Waals surface area contributed by atoms with Gasteiger partial charge in [-0.05, 0) is 0 Å². The number of tetrazole rings is 1. The van der Waals surface area contributed by atoms with E-state index < -0.39 is 23.2 Å². The fraction of sp³-hybridized carbons (Fsp3) is 0.167. The Bertz CT molecular complexity index is 296. The Morgan fingerprint density at radius 3 is 2.77 bits per heavy atom. The van der Waals surface area contributed by atoms with E-state index in [-0.39, 0.29) is 24.8 Å². The van der Waals surface area contributed by atoms with Gasteiger partial charge in [0.15, 0.2) is 0 Å². The number of aromatic nitrogens is 4. The van der Waals surface area contributed by atoms with Crippen molar-refractivity contribution in [1.29, 1.82) is 0 Å². The summed E-state index contributed by atoms with van der Waals surface area (Å²) in [5.74, 6) is 0. The summed E-state index contributed by atoms with van der Waals surface area (Å²) in [5, 5.41) is 13.7. The van der Waals surface area contributed by atoms with E-state index in [1.807, 2.05) is 0 Å². The predicted octanol–water partition coefficient (Wildman–Crippen LogP) is -6.24. The maximum atomic E-state index is 3.87. The summed E-state index contributed by atoms with van der Waals surface area (Å²) in [7, 11) is 0. The molecule has 1 heterocycles. The van der Waals surface area contributed by atoms with Crippen molar-refractivity contribution in [3.05, 3.63) is 21.5 Å². The van der Waals surface area contributed by atoms with Crippen LogP contribution >= 0.6 is 0 Å². The fourth-order valence-electron chi connectivity index (χ4n) is 0.904. The van der Waals surface area contributed by atoms with Gasteiger partial charge in [0.25, 0.3) is 0 Å². The van der Waals surface area contributed by atoms with Crippen LogP contribution in [0.5, 0.6) is 0 Å². The molecular weight excluding hydrogens is 290 g/mol. The molecule has 1 N–H and O–H groups in total. The number of hydrogen-bond acceptors (Lipinski definition) is 3. The molecule has 0 aromatic carbocycles. The van der Waals surface area contributed by atoms with Crippen LogP contribution in [0.4, 0.5) is 0 Å². The Morgan fingerprint density at radius 1 is 1.38 bits per heavy atom. The van der Waals surface area contributed by atoms with Crippen molar-refractivity contribution in [2.45, 2.75) is 6.42 Å². The standard InChI is InChI=1S/C5H5.CHN4.2ClH.Zr/c2*1-2-4-5-3-1;;;/h1-3H,4H2;(H,2,3,4,5);2*1H;/q;;;;+2/p-2. The fourth-order valence-corrected chi connectivity index (χ4v) is 3.13. The number of H-pyrrole nitrogens is 1. The first kappa shape index (κ1) is 13.0. The zero-order chi connectivity index (χ0) is 7.52. The topological polar surface area (TPSA) is 54.5 Å². The van der Waals surface area contributed by atoms with Crippen LogP contribution in [0.25, 0.3) is 0 Å². The third-order valence-corrected chi connectivity index (χ3v) is 4.20. The minimum absolute atomic E-state index is 0. The zero-order valence-electron chi connectivity index (χ0n) is 6.54. The first-order valence-corrected chi connectivity index (χ1v) is 5.77. The van der Waals surface area contributed by atoms with Gasteiger partial charge in [0, 0.05) is 0 Å². The number of hydrogen-bond donors (Lipinski definition) is 1. The van der Waals surface area contributed by atoms with E-state index in [1.54, 1.807) is 0 Å². The van der Waals surface area contributed by atoms with Gasteiger partial charge in [0.2, 0.25) is 0 Å². The Balaban J connectivity index is 0.000000720. The molecule has 0 bridgehead atoms. The van der Waals surface area contributed by atoms with Crippen molar-refractivity contribution >= 4 is 3.53 Å². The largest absolute Gasteiger partial charge is 1.00 e. The van der Waals surface area contributed by atoms with Crippen molar-refractivity contribution in [3.63, 3.8) is 0 Å². The number of nitrogens with zero attached hydrogens (tertiary/aromatic N) is 3. The molecule has 0 fully saturated rings. The van der Waals surface area contributed by atoms with Gasteiger partial charge in [0.1, 0.15) is 0 Å². The zero-order valence-corrected chi connectivity index (χ0v) is 10.5. The molecule has 1 aromatic rings. The molecule has 68 valence electrons. The number of aromatic amines is 1. The van der Waals surface area contributed by atoms with Crippen LogP contribution in [0.2, 0.25) is 0 Å². The molecule has 0 radical (unpaired) electrons. The average Bonchev–Trinajstić information content (AvgIpc) is 2.60. The van der Waals surface area contributed by atoms with Crippen molar-refractivity contribution in [1.82, 2.24) is 20.6 Å². The molecule has 0 amide bonds. The molecule has 2 rings (SSSR count). The van der Waals surface area contributed by atoms with Crippen LogP contribution in [-0.4, -0.2) is 20.6 Å². The van der Waals surface area contributed by atoms with Crippen LogP contribution in [0, 0.1) is 0 Å². The van der Waals surface area contributed by atoms with Crippen molar-refractivity contribution in [2.24, 2.45) is 0 Å². The van der Waals surface area contributed by atoms with Gasteiger partial charge in [0.05, 0.1) is 0 Å². The maximum Gasteiger partial charge on any atom is -1.00 e. The van der Waals surface area contributed by atoms with Gasteiger partial charge in [-0.1, -0.05) is 0 Å². The number of rotatable bonds is 2. The molecule has 1 aliphatic rings. The Hall–Kier alpha value is 0.0131. The number of nitrogens with one attached hydrogen (secondary N) is 1. The summed E-state index contributed by atoms with van der Waals surface area (Å²) < 4.78 is 2.52. The summed E-state index contributed by atoms with van der Waals surface area (Å²) in [5.41, 5.74) is 0. The van der Waals surface area contributed by atoms with Gasteiger partial charge in [-0.3, -0.25) is 0 Å². The summed E-state index contributed by atoms with van der Waals surface area (Å²) in [6.45, 7) is 0. The molecule has 1 aromatic heterocycles. The quantitative estimate of drug-likeness (QED) is 0.591. The van der Waals surface area contributed by atoms with Crippen molar-refractivity contribution < 1.29 is 48.0 Å². The monoisotopic (exact) mass is 294 g/mol. The number of allylic oxidation sites excluding steroid dienone is 4. The Morgan fingerprint density at radius 2 is 2.23 bits per heavy atom. The van der Waals surface area contributed by atoms with Gasteiger partial charge in [-0.25, -0.2) is 0 Å². The average molecular weight is 296 g/mol. The normalized spacial score (nSPS) is 12.5. The van der Waals surface area contributed by atoms with Crippen LogP contribution in [0.1, 0.15) is 6.42 Å². The van der Waals surface area contributed by atoms with E-state index in [2.05, 4.69) is 38.9 Å². The van der Waals surface area contributed by atoms with Crippen LogP contribution in [0.3, 0.4) is 0 Å². The second kappa shape index (κ2) is 6.46. The van der Waals surface area contributed by atoms with Gasteiger partial charge in [-0.2, -0.15) is 0 Å². The van der Waals surface area contributed by atoms with E-state index in [0.29, 0.717) is 0 Å². The van der Waals surface area contributed by atoms with Crippen LogP contribution in [-0.2, 0) is 23.2 Å². The van der Waals surface area contributed by atoms with Gasteiger partial charge in [-0.15, -0.1) is 0 Å². The first-order chi connectivity index (χ1) is 5.45. The summed E-state index contributed by atoms with van der Waals surface area (Å²) in [4.78, 5) is 0. The minimum Gasteiger partial charge on any atom is -1.00 e. The first-order valence-electron chi connectivity index (χ1n) is 3.31. The Kier molecular flexibility index (Phi) is 6.47. The smallest absolute Gasteiger partial charge is 1.00 e. The second-order valence-corrected chi connectivity index (χ2v) is 5.56. The molecule has 0 spiro atoms. The van der Waals surface area contributed by atoms with E-state index in [9.17, 15) is 0 Å². The Labute approximate surface area is 99.6 Å². The molecule has 0 saturated heterocycles. The van der Waals surface area contributed by atoms with Crippen molar-refractivity contribution in [3.8, 4) is 0 Å². The molecule has 0 unspecified atom stereocenters. The predicted molar refractivity (Wildman–Crippen MR) is 35.7 cm³/mol. The van der Waals surface area contributed by atoms with E-state index in [1.165, 1.54) is 3.28 Å². The molecule has 0 atom stereocenters. The summed E-state index contributed by atoms with van der Waals surface area (Å²) >= 11 is -0.659. The number of halogens is 2. The SMILES string of the molecule is C1=CC[C]([Zr+2][c]2nnn[nH]2)=C1.[Cl-].[Cl-]. The summed E-state index contributed by atoms with van der Waals surface area (Å²) in [6.07, 6.45) is 7.54. The van der Waals surface area contributed by atoms with Crippen LogP contribution in [0.15, 0.2) is 21.5 Å². The maximum absolute atomic E-state index is 3.87. The third-order valence-electron chi connectivity index (χ3n) is 1.40. The van der Waals surface area contributed by atoms with Gasteiger partial charge < -0.3 is 24.8 Å². The van der Waals surface area contributed by atoms with E-state index in [4.69, 9.17) is 0 Å². The van der Waals surface area contributed by atoms with Crippen molar-refractivity contribution in [2.75, 3.05) is 0 Å². The molecular formula is C6H6Cl2N4Zr. The third kappa shape index (κ3) is 3.71. The molecule has 0 saturated carbocycles. The molecule has 7 heteroatoms. The molecule has 0 aliphatic heterocycles. The second-order valence-electron chi connectivity index (χ2n) is 2.20. The van der Waals surface area contributed by atoms with Gasteiger partial charge >= 0.3 is 75.3 Å². The molecule has 1 aliphatic carbocycles.